The quantitative estimate of drug-likeness (QED) is 0.760. The third-order valence-electron chi connectivity index (χ3n) is 1.88. The van der Waals surface area contributed by atoms with E-state index >= 15 is 0 Å². The largest absolute Gasteiger partial charge is 0.382 e. The van der Waals surface area contributed by atoms with Crippen LogP contribution in [0.15, 0.2) is 23.7 Å². The van der Waals surface area contributed by atoms with Crippen molar-refractivity contribution in [2.45, 2.75) is 11.7 Å². The van der Waals surface area contributed by atoms with Crippen LogP contribution in [0.3, 0.4) is 0 Å². The standard InChI is InChI=1S/C8H12N6S/c1-13-6-10-11-8(13)15-5-4-14-3-2-7(9)12-14/h2-3,6H,4-5H2,1H3,(H2,9,12). The van der Waals surface area contributed by atoms with Crippen LogP contribution in [0.1, 0.15) is 0 Å². The summed E-state index contributed by atoms with van der Waals surface area (Å²) in [4.78, 5) is 0. The van der Waals surface area contributed by atoms with Crippen molar-refractivity contribution >= 4 is 17.6 Å². The van der Waals surface area contributed by atoms with Gasteiger partial charge in [0.25, 0.3) is 0 Å². The Morgan fingerprint density at radius 1 is 1.53 bits per heavy atom. The molecule has 0 radical (unpaired) electrons. The van der Waals surface area contributed by atoms with Crippen LogP contribution in [0.4, 0.5) is 5.82 Å². The van der Waals surface area contributed by atoms with Crippen molar-refractivity contribution in [1.29, 1.82) is 0 Å². The smallest absolute Gasteiger partial charge is 0.190 e. The Bertz CT molecular complexity index is 434. The van der Waals surface area contributed by atoms with Gasteiger partial charge in [0.1, 0.15) is 12.1 Å². The van der Waals surface area contributed by atoms with Gasteiger partial charge in [0.15, 0.2) is 5.16 Å². The van der Waals surface area contributed by atoms with Gasteiger partial charge in [-0.3, -0.25) is 4.68 Å². The van der Waals surface area contributed by atoms with Crippen LogP contribution in [0.2, 0.25) is 0 Å². The number of nitrogen functional groups attached to an aromatic ring is 1. The second kappa shape index (κ2) is 4.35. The van der Waals surface area contributed by atoms with E-state index in [1.54, 1.807) is 24.2 Å². The van der Waals surface area contributed by atoms with Gasteiger partial charge in [-0.1, -0.05) is 11.8 Å². The number of hydrogen-bond acceptors (Lipinski definition) is 5. The van der Waals surface area contributed by atoms with Gasteiger partial charge in [-0.25, -0.2) is 0 Å². The molecule has 2 rings (SSSR count). The predicted molar refractivity (Wildman–Crippen MR) is 58.4 cm³/mol. The molecule has 0 aliphatic carbocycles. The predicted octanol–water partition coefficient (Wildman–Crippen LogP) is 0.386. The normalized spacial score (nSPS) is 10.7. The summed E-state index contributed by atoms with van der Waals surface area (Å²) < 4.78 is 3.71. The van der Waals surface area contributed by atoms with Crippen molar-refractivity contribution in [3.05, 3.63) is 18.6 Å². The number of rotatable bonds is 4. The van der Waals surface area contributed by atoms with Gasteiger partial charge in [0.2, 0.25) is 0 Å². The van der Waals surface area contributed by atoms with Gasteiger partial charge in [-0.05, 0) is 6.07 Å². The Morgan fingerprint density at radius 3 is 3.00 bits per heavy atom. The average Bonchev–Trinajstić information content (AvgIpc) is 2.77. The molecule has 2 N–H and O–H groups in total. The van der Waals surface area contributed by atoms with E-state index in [1.165, 1.54) is 0 Å². The van der Waals surface area contributed by atoms with Crippen LogP contribution < -0.4 is 5.73 Å². The van der Waals surface area contributed by atoms with Crippen LogP contribution in [0.25, 0.3) is 0 Å². The molecule has 0 bridgehead atoms. The van der Waals surface area contributed by atoms with Crippen LogP contribution in [-0.4, -0.2) is 30.3 Å². The van der Waals surface area contributed by atoms with E-state index in [0.717, 1.165) is 17.5 Å². The first-order valence-electron chi connectivity index (χ1n) is 4.51. The van der Waals surface area contributed by atoms with E-state index in [2.05, 4.69) is 15.3 Å². The molecule has 7 heteroatoms. The second-order valence-corrected chi connectivity index (χ2v) is 4.14. The van der Waals surface area contributed by atoms with Gasteiger partial charge in [0.05, 0.1) is 6.54 Å². The summed E-state index contributed by atoms with van der Waals surface area (Å²) in [7, 11) is 1.92. The lowest BCUT2D eigenvalue weighted by molar-refractivity contribution is 0.667. The van der Waals surface area contributed by atoms with E-state index in [0.29, 0.717) is 5.82 Å². The number of nitrogens with two attached hydrogens (primary N) is 1. The summed E-state index contributed by atoms with van der Waals surface area (Å²) in [6, 6.07) is 1.78. The summed E-state index contributed by atoms with van der Waals surface area (Å²) in [5, 5.41) is 12.8. The van der Waals surface area contributed by atoms with Crippen molar-refractivity contribution in [2.24, 2.45) is 7.05 Å². The van der Waals surface area contributed by atoms with Crippen molar-refractivity contribution < 1.29 is 0 Å². The molecule has 0 saturated carbocycles. The zero-order valence-electron chi connectivity index (χ0n) is 8.37. The van der Waals surface area contributed by atoms with E-state index in [1.807, 2.05) is 22.5 Å². The summed E-state index contributed by atoms with van der Waals surface area (Å²) in [5.74, 6) is 1.45. The molecule has 2 aromatic rings. The molecule has 0 aliphatic heterocycles. The molecule has 6 nitrogen and oxygen atoms in total. The van der Waals surface area contributed by atoms with Crippen molar-refractivity contribution in [1.82, 2.24) is 24.5 Å². The number of nitrogens with zero attached hydrogens (tertiary/aromatic N) is 5. The molecule has 0 spiro atoms. The van der Waals surface area contributed by atoms with E-state index in [9.17, 15) is 0 Å². The minimum Gasteiger partial charge on any atom is -0.382 e. The molecule has 0 saturated heterocycles. The van der Waals surface area contributed by atoms with Crippen molar-refractivity contribution in [3.63, 3.8) is 0 Å². The van der Waals surface area contributed by atoms with E-state index in [-0.39, 0.29) is 0 Å². The molecule has 0 fully saturated rings. The summed E-state index contributed by atoms with van der Waals surface area (Å²) >= 11 is 1.65. The molecule has 15 heavy (non-hydrogen) atoms. The summed E-state index contributed by atoms with van der Waals surface area (Å²) in [6.45, 7) is 0.814. The molecule has 0 aromatic carbocycles. The Hall–Kier alpha value is -1.50. The highest BCUT2D eigenvalue weighted by atomic mass is 32.2. The van der Waals surface area contributed by atoms with Gasteiger partial charge in [-0.15, -0.1) is 10.2 Å². The maximum absolute atomic E-state index is 5.50. The lowest BCUT2D eigenvalue weighted by atomic mass is 10.7. The highest BCUT2D eigenvalue weighted by Crippen LogP contribution is 2.13. The van der Waals surface area contributed by atoms with Crippen LogP contribution in [0, 0.1) is 0 Å². The molecular formula is C8H12N6S. The highest BCUT2D eigenvalue weighted by molar-refractivity contribution is 7.99. The lowest BCUT2D eigenvalue weighted by Gasteiger charge is -2.00. The highest BCUT2D eigenvalue weighted by Gasteiger charge is 2.01. The van der Waals surface area contributed by atoms with Crippen molar-refractivity contribution in [2.75, 3.05) is 11.5 Å². The number of thioether (sulfide) groups is 1. The maximum Gasteiger partial charge on any atom is 0.190 e. The van der Waals surface area contributed by atoms with E-state index < -0.39 is 0 Å². The topological polar surface area (TPSA) is 74.5 Å². The fourth-order valence-electron chi connectivity index (χ4n) is 1.14. The third kappa shape index (κ3) is 2.50. The fraction of sp³-hybridized carbons (Fsp3) is 0.375. The van der Waals surface area contributed by atoms with Gasteiger partial charge < -0.3 is 10.3 Å². The zero-order valence-corrected chi connectivity index (χ0v) is 9.18. The fourth-order valence-corrected chi connectivity index (χ4v) is 1.95. The SMILES string of the molecule is Cn1cnnc1SCCn1ccc(N)n1. The zero-order chi connectivity index (χ0) is 10.7. The lowest BCUT2D eigenvalue weighted by Crippen LogP contribution is -2.02. The molecule has 0 amide bonds. The number of aromatic nitrogens is 5. The molecule has 0 atom stereocenters. The second-order valence-electron chi connectivity index (χ2n) is 3.08. The number of hydrogen-bond donors (Lipinski definition) is 1. The first-order valence-corrected chi connectivity index (χ1v) is 5.50. The molecule has 2 aromatic heterocycles. The average molecular weight is 224 g/mol. The molecule has 2 heterocycles. The Kier molecular flexibility index (Phi) is 2.91. The molecular weight excluding hydrogens is 212 g/mol. The molecule has 0 aliphatic rings. The Balaban J connectivity index is 1.83. The maximum atomic E-state index is 5.50. The van der Waals surface area contributed by atoms with Gasteiger partial charge in [-0.2, -0.15) is 5.10 Å². The van der Waals surface area contributed by atoms with E-state index in [4.69, 9.17) is 5.73 Å². The third-order valence-corrected chi connectivity index (χ3v) is 2.90. The molecule has 0 unspecified atom stereocenters. The monoisotopic (exact) mass is 224 g/mol. The van der Waals surface area contributed by atoms with Crippen LogP contribution >= 0.6 is 11.8 Å². The Labute approximate surface area is 91.5 Å². The number of aryl methyl sites for hydroxylation is 2. The summed E-state index contributed by atoms with van der Waals surface area (Å²) in [5.41, 5.74) is 5.50. The Morgan fingerprint density at radius 2 is 2.40 bits per heavy atom. The van der Waals surface area contributed by atoms with Crippen LogP contribution in [-0.2, 0) is 13.6 Å². The minimum atomic E-state index is 0.554. The van der Waals surface area contributed by atoms with Crippen LogP contribution in [0.5, 0.6) is 0 Å². The first-order chi connectivity index (χ1) is 7.25. The minimum absolute atomic E-state index is 0.554. The summed E-state index contributed by atoms with van der Waals surface area (Å²) in [6.07, 6.45) is 3.56. The van der Waals surface area contributed by atoms with Crippen molar-refractivity contribution in [3.8, 4) is 0 Å². The first kappa shape index (κ1) is 10.0. The van der Waals surface area contributed by atoms with Gasteiger partial charge >= 0.3 is 0 Å². The van der Waals surface area contributed by atoms with Gasteiger partial charge in [0, 0.05) is 19.0 Å². The number of anilines is 1. The molecule has 80 valence electrons.